The SMILES string of the molecule is Cc1ccc(NC(=O)CN2C(=O)/C(=C3/SC(=S)N(CCCC(=O)O)C3=O)c3ccccc32)c(C)c1. The maximum Gasteiger partial charge on any atom is 0.303 e. The number of nitrogens with zero attached hydrogens (tertiary/aromatic N) is 2. The Morgan fingerprint density at radius 1 is 1.06 bits per heavy atom. The van der Waals surface area contributed by atoms with Crippen molar-refractivity contribution in [2.75, 3.05) is 23.3 Å². The lowest BCUT2D eigenvalue weighted by atomic mass is 10.1. The zero-order chi connectivity index (χ0) is 25.3. The van der Waals surface area contributed by atoms with Crippen molar-refractivity contribution >= 4 is 68.9 Å². The van der Waals surface area contributed by atoms with Crippen LogP contribution in [0.2, 0.25) is 0 Å². The lowest BCUT2D eigenvalue weighted by Gasteiger charge is -2.17. The highest BCUT2D eigenvalue weighted by molar-refractivity contribution is 8.26. The van der Waals surface area contributed by atoms with E-state index in [0.29, 0.717) is 16.9 Å². The van der Waals surface area contributed by atoms with Crippen molar-refractivity contribution in [3.05, 3.63) is 64.1 Å². The van der Waals surface area contributed by atoms with Gasteiger partial charge in [-0.15, -0.1) is 0 Å². The molecule has 0 spiro atoms. The van der Waals surface area contributed by atoms with Crippen molar-refractivity contribution < 1.29 is 24.3 Å². The van der Waals surface area contributed by atoms with Gasteiger partial charge in [-0.3, -0.25) is 29.0 Å². The third kappa shape index (κ3) is 4.98. The molecule has 2 aromatic rings. The molecule has 2 N–H and O–H groups in total. The Labute approximate surface area is 212 Å². The summed E-state index contributed by atoms with van der Waals surface area (Å²) in [5.74, 6) is -2.19. The van der Waals surface area contributed by atoms with Crippen LogP contribution in [0.5, 0.6) is 0 Å². The molecule has 3 amide bonds. The molecule has 4 rings (SSSR count). The Kier molecular flexibility index (Phi) is 7.04. The summed E-state index contributed by atoms with van der Waals surface area (Å²) in [5, 5.41) is 11.7. The molecule has 180 valence electrons. The number of thioether (sulfide) groups is 1. The minimum absolute atomic E-state index is 0.0892. The number of rotatable bonds is 7. The van der Waals surface area contributed by atoms with E-state index in [-0.39, 0.29) is 46.6 Å². The van der Waals surface area contributed by atoms with Gasteiger partial charge < -0.3 is 10.4 Å². The van der Waals surface area contributed by atoms with E-state index >= 15 is 0 Å². The van der Waals surface area contributed by atoms with Crippen molar-refractivity contribution in [3.8, 4) is 0 Å². The Bertz CT molecular complexity index is 1300. The Morgan fingerprint density at radius 2 is 1.80 bits per heavy atom. The minimum atomic E-state index is -0.955. The van der Waals surface area contributed by atoms with Crippen LogP contribution < -0.4 is 10.2 Å². The molecule has 0 radical (unpaired) electrons. The zero-order valence-electron chi connectivity index (χ0n) is 19.2. The predicted molar refractivity (Wildman–Crippen MR) is 139 cm³/mol. The molecule has 0 saturated carbocycles. The van der Waals surface area contributed by atoms with Crippen molar-refractivity contribution in [1.82, 2.24) is 4.90 Å². The Balaban J connectivity index is 1.59. The topological polar surface area (TPSA) is 107 Å². The summed E-state index contributed by atoms with van der Waals surface area (Å²) in [4.78, 5) is 53.2. The second-order valence-corrected chi connectivity index (χ2v) is 9.95. The fourth-order valence-corrected chi connectivity index (χ4v) is 5.45. The maximum absolute atomic E-state index is 13.5. The second kappa shape index (κ2) is 10.0. The number of fused-ring (bicyclic) bond motifs is 1. The van der Waals surface area contributed by atoms with Gasteiger partial charge in [-0.2, -0.15) is 0 Å². The standard InChI is InChI=1S/C25H23N3O5S2/c1-14-9-10-17(15(2)12-14)26-19(29)13-28-18-7-4-3-6-16(18)21(23(28)32)22-24(33)27(25(34)35-22)11-5-8-20(30)31/h3-4,6-7,9-10,12H,5,8,11,13H2,1-2H3,(H,26,29)(H,30,31)/b22-21+. The van der Waals surface area contributed by atoms with E-state index in [1.165, 1.54) is 9.80 Å². The summed E-state index contributed by atoms with van der Waals surface area (Å²) in [7, 11) is 0. The van der Waals surface area contributed by atoms with Crippen LogP contribution >= 0.6 is 24.0 Å². The molecule has 8 nitrogen and oxygen atoms in total. The summed E-state index contributed by atoms with van der Waals surface area (Å²) in [6.07, 6.45) is 0.160. The van der Waals surface area contributed by atoms with E-state index in [2.05, 4.69) is 5.32 Å². The molecule has 0 bridgehead atoms. The molecule has 1 fully saturated rings. The molecule has 2 heterocycles. The van der Waals surface area contributed by atoms with Crippen LogP contribution in [0.25, 0.3) is 5.57 Å². The highest BCUT2D eigenvalue weighted by atomic mass is 32.2. The van der Waals surface area contributed by atoms with Crippen LogP contribution in [-0.4, -0.2) is 51.1 Å². The normalized spacial score (nSPS) is 17.3. The molecule has 1 saturated heterocycles. The number of aryl methyl sites for hydroxylation is 2. The fraction of sp³-hybridized carbons (Fsp3) is 0.240. The number of anilines is 2. The lowest BCUT2D eigenvalue weighted by Crippen LogP contribution is -2.35. The number of aliphatic carboxylic acids is 1. The Hall–Kier alpha value is -3.50. The maximum atomic E-state index is 13.5. The first kappa shape index (κ1) is 24.6. The van der Waals surface area contributed by atoms with Crippen molar-refractivity contribution in [2.24, 2.45) is 0 Å². The molecule has 0 aromatic heterocycles. The summed E-state index contributed by atoms with van der Waals surface area (Å²) < 4.78 is 0.277. The number of para-hydroxylation sites is 1. The van der Waals surface area contributed by atoms with E-state index < -0.39 is 17.8 Å². The number of carbonyl (C=O) groups excluding carboxylic acids is 3. The summed E-state index contributed by atoms with van der Waals surface area (Å²) in [5.41, 5.74) is 3.97. The van der Waals surface area contributed by atoms with Gasteiger partial charge in [0.25, 0.3) is 11.8 Å². The first-order valence-corrected chi connectivity index (χ1v) is 12.2. The molecule has 0 atom stereocenters. The van der Waals surface area contributed by atoms with Gasteiger partial charge in [-0.25, -0.2) is 0 Å². The molecule has 2 aliphatic heterocycles. The summed E-state index contributed by atoms with van der Waals surface area (Å²) in [6.45, 7) is 3.81. The quantitative estimate of drug-likeness (QED) is 0.433. The van der Waals surface area contributed by atoms with Crippen LogP contribution in [0.4, 0.5) is 11.4 Å². The largest absolute Gasteiger partial charge is 0.481 e. The van der Waals surface area contributed by atoms with Crippen LogP contribution in [0, 0.1) is 13.8 Å². The molecule has 2 aliphatic rings. The van der Waals surface area contributed by atoms with E-state index in [1.54, 1.807) is 24.3 Å². The van der Waals surface area contributed by atoms with Gasteiger partial charge in [0.1, 0.15) is 10.9 Å². The zero-order valence-corrected chi connectivity index (χ0v) is 20.8. The smallest absolute Gasteiger partial charge is 0.303 e. The van der Waals surface area contributed by atoms with E-state index in [0.717, 1.165) is 22.9 Å². The van der Waals surface area contributed by atoms with Crippen LogP contribution in [0.3, 0.4) is 0 Å². The van der Waals surface area contributed by atoms with Crippen molar-refractivity contribution in [3.63, 3.8) is 0 Å². The number of hydrogen-bond donors (Lipinski definition) is 2. The van der Waals surface area contributed by atoms with Gasteiger partial charge in [-0.05, 0) is 38.0 Å². The number of nitrogens with one attached hydrogen (secondary N) is 1. The number of carboxylic acids is 1. The molecule has 2 aromatic carbocycles. The van der Waals surface area contributed by atoms with Crippen LogP contribution in [0.1, 0.15) is 29.5 Å². The van der Waals surface area contributed by atoms with E-state index in [1.807, 2.05) is 32.0 Å². The number of carbonyl (C=O) groups is 4. The molecular formula is C25H23N3O5S2. The Morgan fingerprint density at radius 3 is 2.51 bits per heavy atom. The second-order valence-electron chi connectivity index (χ2n) is 8.30. The highest BCUT2D eigenvalue weighted by Gasteiger charge is 2.42. The average molecular weight is 510 g/mol. The number of thiocarbonyl (C=S) groups is 1. The highest BCUT2D eigenvalue weighted by Crippen LogP contribution is 2.44. The number of carboxylic acid groups (broad SMARTS) is 1. The fourth-order valence-electron chi connectivity index (χ4n) is 4.07. The summed E-state index contributed by atoms with van der Waals surface area (Å²) >= 11 is 6.36. The monoisotopic (exact) mass is 509 g/mol. The third-order valence-electron chi connectivity index (χ3n) is 5.73. The van der Waals surface area contributed by atoms with Crippen LogP contribution in [0.15, 0.2) is 47.4 Å². The molecule has 0 aliphatic carbocycles. The third-order valence-corrected chi connectivity index (χ3v) is 7.18. The molecular weight excluding hydrogens is 486 g/mol. The van der Waals surface area contributed by atoms with Gasteiger partial charge in [0.2, 0.25) is 5.91 Å². The summed E-state index contributed by atoms with van der Waals surface area (Å²) in [6, 6.07) is 12.7. The van der Waals surface area contributed by atoms with Gasteiger partial charge in [0.15, 0.2) is 0 Å². The van der Waals surface area contributed by atoms with E-state index in [9.17, 15) is 19.2 Å². The first-order valence-electron chi connectivity index (χ1n) is 11.0. The number of benzene rings is 2. The minimum Gasteiger partial charge on any atom is -0.481 e. The predicted octanol–water partition coefficient (Wildman–Crippen LogP) is 3.72. The number of hydrogen-bond acceptors (Lipinski definition) is 6. The average Bonchev–Trinajstić information content (AvgIpc) is 3.23. The lowest BCUT2D eigenvalue weighted by molar-refractivity contribution is -0.137. The first-order chi connectivity index (χ1) is 16.7. The molecule has 0 unspecified atom stereocenters. The van der Waals surface area contributed by atoms with Crippen LogP contribution in [-0.2, 0) is 19.2 Å². The van der Waals surface area contributed by atoms with Gasteiger partial charge in [-0.1, -0.05) is 59.9 Å². The molecule has 35 heavy (non-hydrogen) atoms. The van der Waals surface area contributed by atoms with E-state index in [4.69, 9.17) is 17.3 Å². The van der Waals surface area contributed by atoms with Gasteiger partial charge >= 0.3 is 5.97 Å². The van der Waals surface area contributed by atoms with Gasteiger partial charge in [0, 0.05) is 24.2 Å². The van der Waals surface area contributed by atoms with Gasteiger partial charge in [0.05, 0.1) is 16.2 Å². The molecule has 10 heteroatoms. The van der Waals surface area contributed by atoms with Crippen molar-refractivity contribution in [1.29, 1.82) is 0 Å². The van der Waals surface area contributed by atoms with Crippen molar-refractivity contribution in [2.45, 2.75) is 26.7 Å². The number of amides is 3.